The van der Waals surface area contributed by atoms with Crippen LogP contribution in [0.5, 0.6) is 0 Å². The van der Waals surface area contributed by atoms with Crippen LogP contribution in [0.25, 0.3) is 0 Å². The standard InChI is InChI=1S/C11H13NS/c12-11(13)7-8-1-3-9(4-2-8)10-5-6-10/h1-4,10H,5-7H2,(H2,12,13). The Hall–Kier alpha value is -0.890. The van der Waals surface area contributed by atoms with Gasteiger partial charge < -0.3 is 5.73 Å². The highest BCUT2D eigenvalue weighted by Gasteiger charge is 2.22. The molecule has 0 radical (unpaired) electrons. The van der Waals surface area contributed by atoms with Crippen molar-refractivity contribution >= 4 is 17.2 Å². The van der Waals surface area contributed by atoms with Gasteiger partial charge in [-0.25, -0.2) is 0 Å². The van der Waals surface area contributed by atoms with E-state index in [9.17, 15) is 0 Å². The minimum atomic E-state index is 0.569. The topological polar surface area (TPSA) is 26.0 Å². The first kappa shape index (κ1) is 8.70. The summed E-state index contributed by atoms with van der Waals surface area (Å²) in [5.41, 5.74) is 8.15. The molecule has 0 atom stereocenters. The normalized spacial score (nSPS) is 15.7. The summed E-state index contributed by atoms with van der Waals surface area (Å²) >= 11 is 4.85. The van der Waals surface area contributed by atoms with Crippen molar-refractivity contribution in [3.63, 3.8) is 0 Å². The van der Waals surface area contributed by atoms with Crippen molar-refractivity contribution < 1.29 is 0 Å². The summed E-state index contributed by atoms with van der Waals surface area (Å²) in [6.07, 6.45) is 3.43. The molecule has 13 heavy (non-hydrogen) atoms. The van der Waals surface area contributed by atoms with Crippen LogP contribution in [0.3, 0.4) is 0 Å². The molecule has 0 bridgehead atoms. The fourth-order valence-corrected chi connectivity index (χ4v) is 1.69. The van der Waals surface area contributed by atoms with Gasteiger partial charge in [0.2, 0.25) is 0 Å². The molecule has 1 fully saturated rings. The van der Waals surface area contributed by atoms with Crippen molar-refractivity contribution in [2.24, 2.45) is 5.73 Å². The molecule has 0 aromatic heterocycles. The van der Waals surface area contributed by atoms with Gasteiger partial charge in [-0.1, -0.05) is 36.5 Å². The van der Waals surface area contributed by atoms with Crippen molar-refractivity contribution in [1.29, 1.82) is 0 Å². The Morgan fingerprint density at radius 2 is 1.92 bits per heavy atom. The molecule has 0 amide bonds. The Morgan fingerprint density at radius 3 is 2.38 bits per heavy atom. The van der Waals surface area contributed by atoms with Crippen LogP contribution < -0.4 is 5.73 Å². The van der Waals surface area contributed by atoms with Crippen LogP contribution in [0, 0.1) is 0 Å². The monoisotopic (exact) mass is 191 g/mol. The van der Waals surface area contributed by atoms with E-state index in [4.69, 9.17) is 18.0 Å². The van der Waals surface area contributed by atoms with Gasteiger partial charge in [0.25, 0.3) is 0 Å². The molecular weight excluding hydrogens is 178 g/mol. The average Bonchev–Trinajstić information content (AvgIpc) is 2.87. The van der Waals surface area contributed by atoms with Crippen LogP contribution in [0.15, 0.2) is 24.3 Å². The number of rotatable bonds is 3. The minimum Gasteiger partial charge on any atom is -0.393 e. The van der Waals surface area contributed by atoms with E-state index in [1.165, 1.54) is 24.0 Å². The molecule has 2 N–H and O–H groups in total. The molecule has 0 heterocycles. The predicted octanol–water partition coefficient (Wildman–Crippen LogP) is 2.39. The summed E-state index contributed by atoms with van der Waals surface area (Å²) in [5.74, 6) is 0.832. The number of nitrogens with two attached hydrogens (primary N) is 1. The van der Waals surface area contributed by atoms with Crippen molar-refractivity contribution in [3.05, 3.63) is 35.4 Å². The van der Waals surface area contributed by atoms with Crippen LogP contribution in [-0.2, 0) is 6.42 Å². The largest absolute Gasteiger partial charge is 0.393 e. The highest BCUT2D eigenvalue weighted by Crippen LogP contribution is 2.39. The molecule has 0 aliphatic heterocycles. The molecule has 2 heteroatoms. The Balaban J connectivity index is 2.08. The molecule has 0 saturated heterocycles. The van der Waals surface area contributed by atoms with E-state index in [0.29, 0.717) is 4.99 Å². The van der Waals surface area contributed by atoms with Gasteiger partial charge >= 0.3 is 0 Å². The van der Waals surface area contributed by atoms with E-state index in [0.717, 1.165) is 12.3 Å². The maximum atomic E-state index is 5.47. The van der Waals surface area contributed by atoms with Crippen molar-refractivity contribution in [1.82, 2.24) is 0 Å². The van der Waals surface area contributed by atoms with Gasteiger partial charge in [-0.3, -0.25) is 0 Å². The van der Waals surface area contributed by atoms with Crippen LogP contribution in [0.1, 0.15) is 29.9 Å². The van der Waals surface area contributed by atoms with Gasteiger partial charge in [0.1, 0.15) is 0 Å². The summed E-state index contributed by atoms with van der Waals surface area (Å²) in [6.45, 7) is 0. The molecule has 1 aliphatic carbocycles. The molecule has 0 spiro atoms. The third kappa shape index (κ3) is 2.28. The summed E-state index contributed by atoms with van der Waals surface area (Å²) in [4.78, 5) is 0.569. The van der Waals surface area contributed by atoms with Gasteiger partial charge in [0.15, 0.2) is 0 Å². The van der Waals surface area contributed by atoms with E-state index in [1.54, 1.807) is 0 Å². The Labute approximate surface area is 83.9 Å². The summed E-state index contributed by atoms with van der Waals surface area (Å²) in [6, 6.07) is 8.66. The van der Waals surface area contributed by atoms with E-state index >= 15 is 0 Å². The zero-order valence-corrected chi connectivity index (χ0v) is 8.31. The smallest absolute Gasteiger partial charge is 0.0771 e. The molecule has 1 nitrogen and oxygen atoms in total. The first-order valence-corrected chi connectivity index (χ1v) is 5.03. The highest BCUT2D eigenvalue weighted by atomic mass is 32.1. The third-order valence-electron chi connectivity index (χ3n) is 2.41. The lowest BCUT2D eigenvalue weighted by Gasteiger charge is -2.01. The number of hydrogen-bond acceptors (Lipinski definition) is 1. The SMILES string of the molecule is NC(=S)Cc1ccc(C2CC2)cc1. The quantitative estimate of drug-likeness (QED) is 0.742. The number of benzene rings is 1. The second-order valence-corrected chi connectivity index (χ2v) is 4.18. The number of hydrogen-bond donors (Lipinski definition) is 1. The second kappa shape index (κ2) is 3.46. The van der Waals surface area contributed by atoms with Gasteiger partial charge in [0, 0.05) is 6.42 Å². The van der Waals surface area contributed by atoms with E-state index in [2.05, 4.69) is 24.3 Å². The number of thiocarbonyl (C=S) groups is 1. The van der Waals surface area contributed by atoms with Crippen LogP contribution >= 0.6 is 12.2 Å². The maximum Gasteiger partial charge on any atom is 0.0771 e. The van der Waals surface area contributed by atoms with Gasteiger partial charge in [-0.15, -0.1) is 0 Å². The predicted molar refractivity (Wildman–Crippen MR) is 58.9 cm³/mol. The Kier molecular flexibility index (Phi) is 2.32. The maximum absolute atomic E-state index is 5.47. The van der Waals surface area contributed by atoms with Crippen LogP contribution in [0.4, 0.5) is 0 Å². The van der Waals surface area contributed by atoms with E-state index < -0.39 is 0 Å². The van der Waals surface area contributed by atoms with E-state index in [-0.39, 0.29) is 0 Å². The lowest BCUT2D eigenvalue weighted by molar-refractivity contribution is 1.12. The summed E-state index contributed by atoms with van der Waals surface area (Å²) < 4.78 is 0. The second-order valence-electron chi connectivity index (χ2n) is 3.66. The minimum absolute atomic E-state index is 0.569. The lowest BCUT2D eigenvalue weighted by atomic mass is 10.1. The molecule has 2 rings (SSSR count). The van der Waals surface area contributed by atoms with Crippen LogP contribution in [0.2, 0.25) is 0 Å². The van der Waals surface area contributed by atoms with Crippen molar-refractivity contribution in [3.8, 4) is 0 Å². The molecule has 1 aliphatic rings. The molecule has 1 saturated carbocycles. The zero-order chi connectivity index (χ0) is 9.26. The average molecular weight is 191 g/mol. The Bertz CT molecular complexity index is 311. The molecule has 1 aromatic carbocycles. The fraction of sp³-hybridized carbons (Fsp3) is 0.364. The van der Waals surface area contributed by atoms with Crippen molar-refractivity contribution in [2.75, 3.05) is 0 Å². The molecule has 68 valence electrons. The first-order chi connectivity index (χ1) is 6.25. The first-order valence-electron chi connectivity index (χ1n) is 4.63. The van der Waals surface area contributed by atoms with Gasteiger partial charge in [0.05, 0.1) is 4.99 Å². The van der Waals surface area contributed by atoms with E-state index in [1.807, 2.05) is 0 Å². The molecule has 1 aromatic rings. The van der Waals surface area contributed by atoms with Gasteiger partial charge in [-0.05, 0) is 29.9 Å². The fourth-order valence-electron chi connectivity index (χ4n) is 1.53. The molecular formula is C11H13NS. The zero-order valence-electron chi connectivity index (χ0n) is 7.49. The third-order valence-corrected chi connectivity index (χ3v) is 2.55. The Morgan fingerprint density at radius 1 is 1.31 bits per heavy atom. The van der Waals surface area contributed by atoms with Gasteiger partial charge in [-0.2, -0.15) is 0 Å². The highest BCUT2D eigenvalue weighted by molar-refractivity contribution is 7.80. The van der Waals surface area contributed by atoms with Crippen LogP contribution in [-0.4, -0.2) is 4.99 Å². The lowest BCUT2D eigenvalue weighted by Crippen LogP contribution is -2.10. The summed E-state index contributed by atoms with van der Waals surface area (Å²) in [7, 11) is 0. The molecule has 0 unspecified atom stereocenters. The summed E-state index contributed by atoms with van der Waals surface area (Å²) in [5, 5.41) is 0. The van der Waals surface area contributed by atoms with Crippen molar-refractivity contribution in [2.45, 2.75) is 25.2 Å².